The average molecular weight is 423 g/mol. The standard InChI is InChI=1S/C21H15ClN4O2S/c22-19-9-5-4-8-18(19)20-23-24-21(25(20)16-6-2-1-3-7-16)29-14-15-10-12-17(13-11-15)26(27)28/h1-13H,14H2. The second kappa shape index (κ2) is 8.46. The summed E-state index contributed by atoms with van der Waals surface area (Å²) in [7, 11) is 0. The van der Waals surface area contributed by atoms with E-state index in [0.29, 0.717) is 21.8 Å². The first kappa shape index (κ1) is 19.2. The number of hydrogen-bond donors (Lipinski definition) is 0. The van der Waals surface area contributed by atoms with Crippen molar-refractivity contribution in [3.05, 3.63) is 99.6 Å². The van der Waals surface area contributed by atoms with Crippen molar-refractivity contribution >= 4 is 29.1 Å². The molecule has 1 aromatic heterocycles. The number of thioether (sulfide) groups is 1. The number of halogens is 1. The topological polar surface area (TPSA) is 73.8 Å². The molecular formula is C21H15ClN4O2S. The number of nitrogens with zero attached hydrogens (tertiary/aromatic N) is 4. The molecule has 0 unspecified atom stereocenters. The monoisotopic (exact) mass is 422 g/mol. The number of non-ortho nitro benzene ring substituents is 1. The highest BCUT2D eigenvalue weighted by Gasteiger charge is 2.18. The van der Waals surface area contributed by atoms with E-state index in [1.807, 2.05) is 59.2 Å². The number of hydrogen-bond acceptors (Lipinski definition) is 5. The lowest BCUT2D eigenvalue weighted by Crippen LogP contribution is -2.00. The first-order chi connectivity index (χ1) is 14.1. The molecule has 0 atom stereocenters. The van der Waals surface area contributed by atoms with Crippen molar-refractivity contribution in [2.75, 3.05) is 0 Å². The third-order valence-electron chi connectivity index (χ3n) is 4.28. The first-order valence-electron chi connectivity index (χ1n) is 8.75. The molecule has 0 aliphatic rings. The summed E-state index contributed by atoms with van der Waals surface area (Å²) >= 11 is 7.90. The molecule has 4 aromatic rings. The summed E-state index contributed by atoms with van der Waals surface area (Å²) < 4.78 is 1.97. The van der Waals surface area contributed by atoms with E-state index in [2.05, 4.69) is 10.2 Å². The van der Waals surface area contributed by atoms with Gasteiger partial charge in [-0.3, -0.25) is 14.7 Å². The second-order valence-corrected chi connectivity index (χ2v) is 7.52. The predicted molar refractivity (Wildman–Crippen MR) is 114 cm³/mol. The molecule has 0 spiro atoms. The van der Waals surface area contributed by atoms with Gasteiger partial charge in [-0.15, -0.1) is 10.2 Å². The van der Waals surface area contributed by atoms with E-state index in [1.165, 1.54) is 23.9 Å². The Morgan fingerprint density at radius 1 is 0.931 bits per heavy atom. The van der Waals surface area contributed by atoms with Crippen LogP contribution >= 0.6 is 23.4 Å². The quantitative estimate of drug-likeness (QED) is 0.223. The van der Waals surface area contributed by atoms with E-state index < -0.39 is 4.92 Å². The van der Waals surface area contributed by atoms with E-state index in [0.717, 1.165) is 16.8 Å². The molecule has 144 valence electrons. The van der Waals surface area contributed by atoms with Gasteiger partial charge >= 0.3 is 0 Å². The van der Waals surface area contributed by atoms with Gasteiger partial charge in [0.1, 0.15) is 0 Å². The second-order valence-electron chi connectivity index (χ2n) is 6.17. The zero-order valence-corrected chi connectivity index (χ0v) is 16.7. The number of benzene rings is 3. The minimum absolute atomic E-state index is 0.0761. The maximum Gasteiger partial charge on any atom is 0.269 e. The lowest BCUT2D eigenvalue weighted by Gasteiger charge is -2.11. The average Bonchev–Trinajstić information content (AvgIpc) is 3.17. The molecule has 29 heavy (non-hydrogen) atoms. The zero-order chi connectivity index (χ0) is 20.2. The third-order valence-corrected chi connectivity index (χ3v) is 5.61. The Labute approximate surface area is 176 Å². The summed E-state index contributed by atoms with van der Waals surface area (Å²) in [6.07, 6.45) is 0. The van der Waals surface area contributed by atoms with Gasteiger partial charge in [-0.2, -0.15) is 0 Å². The van der Waals surface area contributed by atoms with E-state index in [4.69, 9.17) is 11.6 Å². The highest BCUT2D eigenvalue weighted by molar-refractivity contribution is 7.98. The molecular weight excluding hydrogens is 408 g/mol. The number of nitro groups is 1. The van der Waals surface area contributed by atoms with Gasteiger partial charge in [0, 0.05) is 29.1 Å². The van der Waals surface area contributed by atoms with E-state index in [1.54, 1.807) is 12.1 Å². The Morgan fingerprint density at radius 3 is 2.31 bits per heavy atom. The van der Waals surface area contributed by atoms with Crippen LogP contribution in [0.25, 0.3) is 17.1 Å². The molecule has 4 rings (SSSR count). The lowest BCUT2D eigenvalue weighted by atomic mass is 10.2. The van der Waals surface area contributed by atoms with Gasteiger partial charge in [0.25, 0.3) is 5.69 Å². The fourth-order valence-corrected chi connectivity index (χ4v) is 3.98. The van der Waals surface area contributed by atoms with Gasteiger partial charge < -0.3 is 0 Å². The number of nitro benzene ring substituents is 1. The first-order valence-corrected chi connectivity index (χ1v) is 10.1. The van der Waals surface area contributed by atoms with Crippen LogP contribution in [0.3, 0.4) is 0 Å². The molecule has 0 bridgehead atoms. The van der Waals surface area contributed by atoms with Crippen molar-refractivity contribution < 1.29 is 4.92 Å². The van der Waals surface area contributed by atoms with Gasteiger partial charge in [-0.25, -0.2) is 0 Å². The molecule has 0 N–H and O–H groups in total. The zero-order valence-electron chi connectivity index (χ0n) is 15.1. The van der Waals surface area contributed by atoms with E-state index in [9.17, 15) is 10.1 Å². The van der Waals surface area contributed by atoms with Gasteiger partial charge in [-0.05, 0) is 29.8 Å². The molecule has 0 amide bonds. The minimum atomic E-state index is -0.404. The van der Waals surface area contributed by atoms with Crippen LogP contribution in [-0.2, 0) is 5.75 Å². The van der Waals surface area contributed by atoms with E-state index in [-0.39, 0.29) is 5.69 Å². The van der Waals surface area contributed by atoms with Crippen molar-refractivity contribution in [3.63, 3.8) is 0 Å². The third kappa shape index (κ3) is 4.16. The molecule has 3 aromatic carbocycles. The van der Waals surface area contributed by atoms with Gasteiger partial charge in [0.15, 0.2) is 11.0 Å². The molecule has 0 aliphatic carbocycles. The van der Waals surface area contributed by atoms with Crippen LogP contribution in [0.5, 0.6) is 0 Å². The molecule has 0 saturated heterocycles. The highest BCUT2D eigenvalue weighted by atomic mass is 35.5. The van der Waals surface area contributed by atoms with E-state index >= 15 is 0 Å². The number of para-hydroxylation sites is 1. The highest BCUT2D eigenvalue weighted by Crippen LogP contribution is 2.33. The van der Waals surface area contributed by atoms with Crippen LogP contribution in [-0.4, -0.2) is 19.7 Å². The summed E-state index contributed by atoms with van der Waals surface area (Å²) in [5.74, 6) is 1.26. The normalized spacial score (nSPS) is 10.8. The molecule has 1 heterocycles. The molecule has 0 aliphatic heterocycles. The van der Waals surface area contributed by atoms with Crippen molar-refractivity contribution in [2.45, 2.75) is 10.9 Å². The molecule has 6 nitrogen and oxygen atoms in total. The van der Waals surface area contributed by atoms with Crippen LogP contribution in [0.1, 0.15) is 5.56 Å². The minimum Gasteiger partial charge on any atom is -0.270 e. The summed E-state index contributed by atoms with van der Waals surface area (Å²) in [6.45, 7) is 0. The number of aromatic nitrogens is 3. The summed E-state index contributed by atoms with van der Waals surface area (Å²) in [4.78, 5) is 10.4. The Bertz CT molecular complexity index is 1150. The van der Waals surface area contributed by atoms with Gasteiger partial charge in [-0.1, -0.05) is 65.8 Å². The van der Waals surface area contributed by atoms with Gasteiger partial charge in [0.2, 0.25) is 0 Å². The Balaban J connectivity index is 1.68. The van der Waals surface area contributed by atoms with Crippen molar-refractivity contribution in [3.8, 4) is 17.1 Å². The fraction of sp³-hybridized carbons (Fsp3) is 0.0476. The maximum absolute atomic E-state index is 10.8. The van der Waals surface area contributed by atoms with Crippen molar-refractivity contribution in [1.29, 1.82) is 0 Å². The van der Waals surface area contributed by atoms with Crippen molar-refractivity contribution in [2.24, 2.45) is 0 Å². The smallest absolute Gasteiger partial charge is 0.269 e. The summed E-state index contributed by atoms with van der Waals surface area (Å²) in [6, 6.07) is 23.9. The van der Waals surface area contributed by atoms with Gasteiger partial charge in [0.05, 0.1) is 9.95 Å². The Morgan fingerprint density at radius 2 is 1.62 bits per heavy atom. The Kier molecular flexibility index (Phi) is 5.59. The summed E-state index contributed by atoms with van der Waals surface area (Å²) in [5, 5.41) is 20.9. The van der Waals surface area contributed by atoms with Crippen LogP contribution in [0, 0.1) is 10.1 Å². The SMILES string of the molecule is O=[N+]([O-])c1ccc(CSc2nnc(-c3ccccc3Cl)n2-c2ccccc2)cc1. The molecule has 8 heteroatoms. The molecule has 0 saturated carbocycles. The largest absolute Gasteiger partial charge is 0.270 e. The van der Waals surface area contributed by atoms with Crippen LogP contribution in [0.2, 0.25) is 5.02 Å². The maximum atomic E-state index is 10.8. The van der Waals surface area contributed by atoms with Crippen LogP contribution in [0.4, 0.5) is 5.69 Å². The Hall–Kier alpha value is -3.16. The lowest BCUT2D eigenvalue weighted by molar-refractivity contribution is -0.384. The van der Waals surface area contributed by atoms with Crippen LogP contribution in [0.15, 0.2) is 84.0 Å². The predicted octanol–water partition coefficient (Wildman–Crippen LogP) is 5.79. The molecule has 0 fully saturated rings. The molecule has 0 radical (unpaired) electrons. The van der Waals surface area contributed by atoms with Crippen LogP contribution < -0.4 is 0 Å². The van der Waals surface area contributed by atoms with Crippen molar-refractivity contribution in [1.82, 2.24) is 14.8 Å². The fourth-order valence-electron chi connectivity index (χ4n) is 2.85. The summed E-state index contributed by atoms with van der Waals surface area (Å²) in [5.41, 5.74) is 2.76. The number of rotatable bonds is 6.